The molecule has 5 heteroatoms. The van der Waals surface area contributed by atoms with Gasteiger partial charge in [0, 0.05) is 11.3 Å². The topological polar surface area (TPSA) is 66.0 Å². The molecule has 0 unspecified atom stereocenters. The first-order valence-corrected chi connectivity index (χ1v) is 7.09. The zero-order chi connectivity index (χ0) is 13.8. The fraction of sp³-hybridized carbons (Fsp3) is 0.286. The van der Waals surface area contributed by atoms with E-state index in [0.717, 1.165) is 23.4 Å². The number of hydrogen-bond donors (Lipinski definition) is 2. The highest BCUT2D eigenvalue weighted by Gasteiger charge is 2.10. The molecule has 0 amide bonds. The van der Waals surface area contributed by atoms with Crippen molar-refractivity contribution in [2.75, 3.05) is 5.75 Å². The summed E-state index contributed by atoms with van der Waals surface area (Å²) < 4.78 is 0. The second-order valence-corrected chi connectivity index (χ2v) is 5.21. The normalized spacial score (nSPS) is 10.6. The number of aliphatic carboxylic acids is 1. The number of thioether (sulfide) groups is 1. The number of carboxylic acids is 1. The van der Waals surface area contributed by atoms with Crippen LogP contribution in [0.25, 0.3) is 11.3 Å². The number of imidazole rings is 1. The quantitative estimate of drug-likeness (QED) is 0.823. The molecule has 1 aromatic heterocycles. The maximum Gasteiger partial charge on any atom is 0.313 e. The largest absolute Gasteiger partial charge is 0.481 e. The van der Waals surface area contributed by atoms with E-state index in [4.69, 9.17) is 5.11 Å². The predicted molar refractivity (Wildman–Crippen MR) is 76.5 cm³/mol. The average molecular weight is 276 g/mol. The van der Waals surface area contributed by atoms with Gasteiger partial charge in [-0.15, -0.1) is 0 Å². The number of carbonyl (C=O) groups is 1. The Morgan fingerprint density at radius 2 is 2.05 bits per heavy atom. The maximum atomic E-state index is 10.5. The lowest BCUT2D eigenvalue weighted by Gasteiger charge is -2.00. The molecule has 19 heavy (non-hydrogen) atoms. The van der Waals surface area contributed by atoms with Gasteiger partial charge in [0.15, 0.2) is 5.16 Å². The third kappa shape index (κ3) is 3.38. The number of aromatic nitrogens is 2. The van der Waals surface area contributed by atoms with Crippen LogP contribution in [-0.2, 0) is 11.2 Å². The van der Waals surface area contributed by atoms with E-state index in [0.29, 0.717) is 5.16 Å². The van der Waals surface area contributed by atoms with Gasteiger partial charge in [0.1, 0.15) is 0 Å². The molecule has 100 valence electrons. The molecule has 0 atom stereocenters. The van der Waals surface area contributed by atoms with Gasteiger partial charge < -0.3 is 10.1 Å². The van der Waals surface area contributed by atoms with Crippen LogP contribution in [0.3, 0.4) is 0 Å². The average Bonchev–Trinajstić information content (AvgIpc) is 2.78. The van der Waals surface area contributed by atoms with Gasteiger partial charge >= 0.3 is 5.97 Å². The van der Waals surface area contributed by atoms with Gasteiger partial charge in [-0.1, -0.05) is 43.0 Å². The molecular weight excluding hydrogens is 260 g/mol. The zero-order valence-electron chi connectivity index (χ0n) is 10.9. The predicted octanol–water partition coefficient (Wildman–Crippen LogP) is 3.12. The zero-order valence-corrected chi connectivity index (χ0v) is 11.8. The summed E-state index contributed by atoms with van der Waals surface area (Å²) in [4.78, 5) is 18.1. The Hall–Kier alpha value is -1.75. The van der Waals surface area contributed by atoms with Crippen molar-refractivity contribution in [1.82, 2.24) is 9.97 Å². The van der Waals surface area contributed by atoms with E-state index < -0.39 is 5.97 Å². The minimum Gasteiger partial charge on any atom is -0.481 e. The molecule has 1 heterocycles. The first-order chi connectivity index (χ1) is 9.10. The highest BCUT2D eigenvalue weighted by Crippen LogP contribution is 2.25. The summed E-state index contributed by atoms with van der Waals surface area (Å²) in [5.74, 6) is -0.825. The maximum absolute atomic E-state index is 10.5. The number of carboxylic acid groups (broad SMARTS) is 1. The van der Waals surface area contributed by atoms with E-state index >= 15 is 0 Å². The lowest BCUT2D eigenvalue weighted by Crippen LogP contribution is -1.97. The third-order valence-electron chi connectivity index (χ3n) is 2.83. The number of hydrogen-bond acceptors (Lipinski definition) is 3. The highest BCUT2D eigenvalue weighted by atomic mass is 32.2. The van der Waals surface area contributed by atoms with Gasteiger partial charge in [-0.05, 0) is 18.9 Å². The number of H-pyrrole nitrogens is 1. The molecule has 0 spiro atoms. The molecule has 2 rings (SSSR count). The SMILES string of the molecule is CCc1ccc(-c2nc(SCC(=O)O)[nH]c2C)cc1. The summed E-state index contributed by atoms with van der Waals surface area (Å²) in [5, 5.41) is 9.31. The molecule has 1 aromatic carbocycles. The van der Waals surface area contributed by atoms with E-state index in [9.17, 15) is 4.79 Å². The van der Waals surface area contributed by atoms with Gasteiger partial charge in [-0.25, -0.2) is 4.98 Å². The number of nitrogens with one attached hydrogen (secondary N) is 1. The van der Waals surface area contributed by atoms with Crippen LogP contribution >= 0.6 is 11.8 Å². The van der Waals surface area contributed by atoms with Crippen LogP contribution in [0.1, 0.15) is 18.2 Å². The molecule has 0 aliphatic heterocycles. The van der Waals surface area contributed by atoms with Crippen LogP contribution in [0.15, 0.2) is 29.4 Å². The fourth-order valence-corrected chi connectivity index (χ4v) is 2.45. The van der Waals surface area contributed by atoms with Crippen molar-refractivity contribution >= 4 is 17.7 Å². The van der Waals surface area contributed by atoms with Crippen molar-refractivity contribution in [2.24, 2.45) is 0 Å². The number of aryl methyl sites for hydroxylation is 2. The van der Waals surface area contributed by atoms with Gasteiger partial charge in [0.05, 0.1) is 11.4 Å². The van der Waals surface area contributed by atoms with Crippen molar-refractivity contribution in [3.05, 3.63) is 35.5 Å². The summed E-state index contributed by atoms with van der Waals surface area (Å²) in [6.45, 7) is 4.07. The van der Waals surface area contributed by atoms with Crippen LogP contribution in [0, 0.1) is 6.92 Å². The summed E-state index contributed by atoms with van der Waals surface area (Å²) in [6.07, 6.45) is 1.01. The molecule has 2 aromatic rings. The number of aromatic amines is 1. The summed E-state index contributed by atoms with van der Waals surface area (Å²) in [6, 6.07) is 8.28. The summed E-state index contributed by atoms with van der Waals surface area (Å²) >= 11 is 1.20. The Labute approximate surface area is 116 Å². The highest BCUT2D eigenvalue weighted by molar-refractivity contribution is 7.99. The molecule has 4 nitrogen and oxygen atoms in total. The molecule has 0 aliphatic rings. The molecular formula is C14H16N2O2S. The molecule has 0 aliphatic carbocycles. The smallest absolute Gasteiger partial charge is 0.313 e. The van der Waals surface area contributed by atoms with E-state index in [1.807, 2.05) is 19.1 Å². The van der Waals surface area contributed by atoms with Gasteiger partial charge in [0.25, 0.3) is 0 Å². The molecule has 0 bridgehead atoms. The molecule has 0 saturated carbocycles. The van der Waals surface area contributed by atoms with Crippen LogP contribution in [0.5, 0.6) is 0 Å². The van der Waals surface area contributed by atoms with E-state index in [2.05, 4.69) is 29.0 Å². The van der Waals surface area contributed by atoms with Crippen LogP contribution in [-0.4, -0.2) is 26.8 Å². The Kier molecular flexibility index (Phi) is 4.27. The van der Waals surface area contributed by atoms with Crippen LogP contribution in [0.2, 0.25) is 0 Å². The van der Waals surface area contributed by atoms with Crippen molar-refractivity contribution in [2.45, 2.75) is 25.4 Å². The minimum absolute atomic E-state index is 0.0150. The van der Waals surface area contributed by atoms with Crippen molar-refractivity contribution in [3.8, 4) is 11.3 Å². The van der Waals surface area contributed by atoms with Gasteiger partial charge in [-0.3, -0.25) is 4.79 Å². The second kappa shape index (κ2) is 5.93. The number of rotatable bonds is 5. The summed E-state index contributed by atoms with van der Waals surface area (Å²) in [7, 11) is 0. The standard InChI is InChI=1S/C14H16N2O2S/c1-3-10-4-6-11(7-5-10)13-9(2)15-14(16-13)19-8-12(17)18/h4-7H,3,8H2,1-2H3,(H,15,16)(H,17,18). The van der Waals surface area contributed by atoms with Crippen LogP contribution < -0.4 is 0 Å². The lowest BCUT2D eigenvalue weighted by molar-refractivity contribution is -0.133. The van der Waals surface area contributed by atoms with Gasteiger partial charge in [0.2, 0.25) is 0 Å². The first-order valence-electron chi connectivity index (χ1n) is 6.10. The van der Waals surface area contributed by atoms with Crippen LogP contribution in [0.4, 0.5) is 0 Å². The fourth-order valence-electron chi connectivity index (χ4n) is 1.81. The summed E-state index contributed by atoms with van der Waals surface area (Å²) in [5.41, 5.74) is 4.18. The van der Waals surface area contributed by atoms with E-state index in [1.165, 1.54) is 17.3 Å². The molecule has 0 fully saturated rings. The number of benzene rings is 1. The van der Waals surface area contributed by atoms with E-state index in [-0.39, 0.29) is 5.75 Å². The monoisotopic (exact) mass is 276 g/mol. The van der Waals surface area contributed by atoms with Crippen molar-refractivity contribution < 1.29 is 9.90 Å². The Bertz CT molecular complexity index is 576. The number of nitrogens with zero attached hydrogens (tertiary/aromatic N) is 1. The first kappa shape index (κ1) is 13.7. The Morgan fingerprint density at radius 1 is 1.37 bits per heavy atom. The Balaban J connectivity index is 2.21. The molecule has 0 saturated heterocycles. The lowest BCUT2D eigenvalue weighted by atomic mass is 10.1. The van der Waals surface area contributed by atoms with Crippen molar-refractivity contribution in [1.29, 1.82) is 0 Å². The molecule has 0 radical (unpaired) electrons. The van der Waals surface area contributed by atoms with Gasteiger partial charge in [-0.2, -0.15) is 0 Å². The third-order valence-corrected chi connectivity index (χ3v) is 3.69. The second-order valence-electron chi connectivity index (χ2n) is 4.25. The Morgan fingerprint density at radius 3 is 2.63 bits per heavy atom. The minimum atomic E-state index is -0.840. The molecule has 2 N–H and O–H groups in total. The van der Waals surface area contributed by atoms with E-state index in [1.54, 1.807) is 0 Å². The van der Waals surface area contributed by atoms with Crippen molar-refractivity contribution in [3.63, 3.8) is 0 Å².